The van der Waals surface area contributed by atoms with Crippen LogP contribution in [0.1, 0.15) is 55.0 Å². The van der Waals surface area contributed by atoms with Crippen LogP contribution in [0.25, 0.3) is 0 Å². The highest BCUT2D eigenvalue weighted by Gasteiger charge is 2.12. The van der Waals surface area contributed by atoms with E-state index in [1.807, 2.05) is 24.3 Å². The van der Waals surface area contributed by atoms with Crippen molar-refractivity contribution in [2.24, 2.45) is 0 Å². The van der Waals surface area contributed by atoms with Gasteiger partial charge >= 0.3 is 0 Å². The minimum absolute atomic E-state index is 0.210. The Kier molecular flexibility index (Phi) is 6.73. The standard InChI is InChI=1S/C19H26N4O/c1-4-6-9-12-20-18-13-17(21-14(3)22-18)19(24)23-16-11-8-7-10-15(16)5-2/h7-8,10-11,13H,4-6,9,12H2,1-3H3,(H,23,24)(H,20,21,22). The third kappa shape index (κ3) is 5.05. The summed E-state index contributed by atoms with van der Waals surface area (Å²) in [6.07, 6.45) is 4.31. The molecule has 1 amide bonds. The fourth-order valence-corrected chi connectivity index (χ4v) is 2.50. The molecule has 0 saturated carbocycles. The number of carbonyl (C=O) groups excluding carboxylic acids is 1. The number of amides is 1. The third-order valence-electron chi connectivity index (χ3n) is 3.80. The van der Waals surface area contributed by atoms with Crippen molar-refractivity contribution in [3.63, 3.8) is 0 Å². The summed E-state index contributed by atoms with van der Waals surface area (Å²) >= 11 is 0. The minimum Gasteiger partial charge on any atom is -0.370 e. The van der Waals surface area contributed by atoms with Crippen LogP contribution in [0.2, 0.25) is 0 Å². The molecule has 1 heterocycles. The average molecular weight is 326 g/mol. The molecule has 2 aromatic rings. The van der Waals surface area contributed by atoms with Crippen LogP contribution in [-0.2, 0) is 6.42 Å². The van der Waals surface area contributed by atoms with Gasteiger partial charge in [-0.1, -0.05) is 44.9 Å². The fraction of sp³-hybridized carbons (Fsp3) is 0.421. The quantitative estimate of drug-likeness (QED) is 0.713. The average Bonchev–Trinajstić information content (AvgIpc) is 2.58. The van der Waals surface area contributed by atoms with Crippen molar-refractivity contribution in [1.82, 2.24) is 9.97 Å². The summed E-state index contributed by atoms with van der Waals surface area (Å²) in [4.78, 5) is 21.2. The summed E-state index contributed by atoms with van der Waals surface area (Å²) in [5.41, 5.74) is 2.32. The number of nitrogens with one attached hydrogen (secondary N) is 2. The highest BCUT2D eigenvalue weighted by atomic mass is 16.1. The Balaban J connectivity index is 2.09. The third-order valence-corrected chi connectivity index (χ3v) is 3.80. The number of aromatic nitrogens is 2. The van der Waals surface area contributed by atoms with Gasteiger partial charge in [0.25, 0.3) is 5.91 Å². The van der Waals surface area contributed by atoms with Crippen LogP contribution < -0.4 is 10.6 Å². The number of carbonyl (C=O) groups is 1. The smallest absolute Gasteiger partial charge is 0.274 e. The molecule has 0 unspecified atom stereocenters. The van der Waals surface area contributed by atoms with Crippen molar-refractivity contribution in [2.45, 2.75) is 46.5 Å². The van der Waals surface area contributed by atoms with E-state index < -0.39 is 0 Å². The monoisotopic (exact) mass is 326 g/mol. The number of aryl methyl sites for hydroxylation is 2. The molecule has 0 bridgehead atoms. The van der Waals surface area contributed by atoms with Gasteiger partial charge in [0, 0.05) is 18.3 Å². The number of rotatable bonds is 8. The van der Waals surface area contributed by atoms with E-state index in [0.29, 0.717) is 17.3 Å². The van der Waals surface area contributed by atoms with Crippen LogP contribution in [0.15, 0.2) is 30.3 Å². The van der Waals surface area contributed by atoms with Gasteiger partial charge in [0.2, 0.25) is 0 Å². The fourth-order valence-electron chi connectivity index (χ4n) is 2.50. The number of hydrogen-bond acceptors (Lipinski definition) is 4. The molecule has 1 aromatic heterocycles. The highest BCUT2D eigenvalue weighted by molar-refractivity contribution is 6.03. The van der Waals surface area contributed by atoms with Gasteiger partial charge in [-0.2, -0.15) is 0 Å². The molecule has 2 N–H and O–H groups in total. The molecule has 1 aromatic carbocycles. The zero-order chi connectivity index (χ0) is 17.4. The van der Waals surface area contributed by atoms with E-state index in [2.05, 4.69) is 34.4 Å². The van der Waals surface area contributed by atoms with Gasteiger partial charge in [0.15, 0.2) is 0 Å². The molecule has 0 atom stereocenters. The summed E-state index contributed by atoms with van der Waals surface area (Å²) < 4.78 is 0. The molecular weight excluding hydrogens is 300 g/mol. The molecule has 0 saturated heterocycles. The van der Waals surface area contributed by atoms with Crippen LogP contribution in [0.5, 0.6) is 0 Å². The number of hydrogen-bond donors (Lipinski definition) is 2. The largest absolute Gasteiger partial charge is 0.370 e. The van der Waals surface area contributed by atoms with Gasteiger partial charge in [0.05, 0.1) is 0 Å². The lowest BCUT2D eigenvalue weighted by Crippen LogP contribution is -2.17. The Morgan fingerprint density at radius 2 is 1.92 bits per heavy atom. The Hall–Kier alpha value is -2.43. The molecular formula is C19H26N4O. The molecule has 0 fully saturated rings. The number of benzene rings is 1. The normalized spacial score (nSPS) is 10.5. The van der Waals surface area contributed by atoms with E-state index in [0.717, 1.165) is 30.6 Å². The molecule has 0 spiro atoms. The first-order valence-electron chi connectivity index (χ1n) is 8.62. The maximum absolute atomic E-state index is 12.5. The van der Waals surface area contributed by atoms with E-state index in [1.165, 1.54) is 12.8 Å². The lowest BCUT2D eigenvalue weighted by molar-refractivity contribution is 0.102. The van der Waals surface area contributed by atoms with Crippen molar-refractivity contribution in [3.8, 4) is 0 Å². The van der Waals surface area contributed by atoms with Crippen molar-refractivity contribution in [3.05, 3.63) is 47.4 Å². The van der Waals surface area contributed by atoms with Crippen molar-refractivity contribution in [2.75, 3.05) is 17.2 Å². The van der Waals surface area contributed by atoms with Gasteiger partial charge in [-0.3, -0.25) is 4.79 Å². The van der Waals surface area contributed by atoms with Crippen LogP contribution in [0.4, 0.5) is 11.5 Å². The first kappa shape index (κ1) is 17.9. The molecule has 0 radical (unpaired) electrons. The lowest BCUT2D eigenvalue weighted by atomic mass is 10.1. The zero-order valence-corrected chi connectivity index (χ0v) is 14.7. The number of para-hydroxylation sites is 1. The Bertz CT molecular complexity index is 685. The number of nitrogens with zero attached hydrogens (tertiary/aromatic N) is 2. The lowest BCUT2D eigenvalue weighted by Gasteiger charge is -2.11. The van der Waals surface area contributed by atoms with Gasteiger partial charge in [-0.05, 0) is 31.4 Å². The van der Waals surface area contributed by atoms with Crippen LogP contribution in [-0.4, -0.2) is 22.4 Å². The van der Waals surface area contributed by atoms with Crippen LogP contribution in [0.3, 0.4) is 0 Å². The maximum atomic E-state index is 12.5. The summed E-state index contributed by atoms with van der Waals surface area (Å²) in [5, 5.41) is 6.22. The van der Waals surface area contributed by atoms with Gasteiger partial charge in [-0.15, -0.1) is 0 Å². The Morgan fingerprint density at radius 3 is 2.67 bits per heavy atom. The predicted octanol–water partition coefficient (Wildman–Crippen LogP) is 4.20. The summed E-state index contributed by atoms with van der Waals surface area (Å²) in [7, 11) is 0. The second kappa shape index (κ2) is 9.01. The summed E-state index contributed by atoms with van der Waals surface area (Å²) in [6.45, 7) is 6.89. The number of unbranched alkanes of at least 4 members (excludes halogenated alkanes) is 2. The van der Waals surface area contributed by atoms with E-state index in [-0.39, 0.29) is 5.91 Å². The Labute approximate surface area is 143 Å². The SMILES string of the molecule is CCCCCNc1cc(C(=O)Nc2ccccc2CC)nc(C)n1. The van der Waals surface area contributed by atoms with Crippen LogP contribution >= 0.6 is 0 Å². The van der Waals surface area contributed by atoms with Crippen molar-refractivity contribution in [1.29, 1.82) is 0 Å². The summed E-state index contributed by atoms with van der Waals surface area (Å²) in [5.74, 6) is 1.08. The van der Waals surface area contributed by atoms with Gasteiger partial charge in [0.1, 0.15) is 17.3 Å². The first-order chi connectivity index (χ1) is 11.6. The molecule has 5 nitrogen and oxygen atoms in total. The molecule has 24 heavy (non-hydrogen) atoms. The summed E-state index contributed by atoms with van der Waals surface area (Å²) in [6, 6.07) is 9.53. The Morgan fingerprint density at radius 1 is 1.12 bits per heavy atom. The second-order valence-corrected chi connectivity index (χ2v) is 5.78. The minimum atomic E-state index is -0.210. The second-order valence-electron chi connectivity index (χ2n) is 5.78. The molecule has 0 aliphatic carbocycles. The zero-order valence-electron chi connectivity index (χ0n) is 14.7. The molecule has 128 valence electrons. The van der Waals surface area contributed by atoms with E-state index in [4.69, 9.17) is 0 Å². The number of anilines is 2. The van der Waals surface area contributed by atoms with E-state index in [1.54, 1.807) is 13.0 Å². The molecule has 0 aliphatic rings. The maximum Gasteiger partial charge on any atom is 0.274 e. The van der Waals surface area contributed by atoms with Crippen LogP contribution in [0, 0.1) is 6.92 Å². The van der Waals surface area contributed by atoms with Crippen molar-refractivity contribution < 1.29 is 4.79 Å². The molecule has 0 aliphatic heterocycles. The molecule has 5 heteroatoms. The van der Waals surface area contributed by atoms with E-state index in [9.17, 15) is 4.79 Å². The predicted molar refractivity (Wildman–Crippen MR) is 98.6 cm³/mol. The van der Waals surface area contributed by atoms with Gasteiger partial charge in [-0.25, -0.2) is 9.97 Å². The van der Waals surface area contributed by atoms with E-state index >= 15 is 0 Å². The molecule has 2 rings (SSSR count). The highest BCUT2D eigenvalue weighted by Crippen LogP contribution is 2.17. The first-order valence-corrected chi connectivity index (χ1v) is 8.62. The van der Waals surface area contributed by atoms with Gasteiger partial charge < -0.3 is 10.6 Å². The topological polar surface area (TPSA) is 66.9 Å². The van der Waals surface area contributed by atoms with Crippen molar-refractivity contribution >= 4 is 17.4 Å².